The molecule has 5 aromatic carbocycles. The van der Waals surface area contributed by atoms with E-state index in [2.05, 4.69) is 16.7 Å². The Morgan fingerprint density at radius 3 is 2.32 bits per heavy atom. The molecule has 11 heteroatoms. The molecule has 1 fully saturated rings. The third kappa shape index (κ3) is 11.2. The lowest BCUT2D eigenvalue weighted by Gasteiger charge is -2.38. The second kappa shape index (κ2) is 19.3. The predicted octanol–water partition coefficient (Wildman–Crippen LogP) is 6.77. The highest BCUT2D eigenvalue weighted by atomic mass is 16.7. The van der Waals surface area contributed by atoms with Crippen LogP contribution in [0.5, 0.6) is 5.75 Å². The summed E-state index contributed by atoms with van der Waals surface area (Å²) in [4.78, 5) is 27.0. The van der Waals surface area contributed by atoms with E-state index >= 15 is 0 Å². The lowest BCUT2D eigenvalue weighted by Crippen LogP contribution is -2.39. The van der Waals surface area contributed by atoms with E-state index in [1.165, 1.54) is 0 Å². The lowest BCUT2D eigenvalue weighted by atomic mass is 9.98. The second-order valence-corrected chi connectivity index (χ2v) is 14.3. The first-order valence-electron chi connectivity index (χ1n) is 18.9. The number of benzene rings is 5. The number of aliphatic hydroxyl groups is 2. The number of carbonyl (C=O) groups is 2. The van der Waals surface area contributed by atoms with Crippen LogP contribution in [0.3, 0.4) is 0 Å². The van der Waals surface area contributed by atoms with Gasteiger partial charge in [-0.05, 0) is 83.2 Å². The Balaban J connectivity index is 1.08. The molecular weight excluding hydrogens is 709 g/mol. The molecule has 292 valence electrons. The van der Waals surface area contributed by atoms with Gasteiger partial charge in [0.2, 0.25) is 11.8 Å². The van der Waals surface area contributed by atoms with Gasteiger partial charge in [0.25, 0.3) is 0 Å². The van der Waals surface area contributed by atoms with E-state index in [4.69, 9.17) is 15.2 Å². The Morgan fingerprint density at radius 2 is 1.55 bits per heavy atom. The van der Waals surface area contributed by atoms with Crippen LogP contribution >= 0.6 is 0 Å². The molecule has 2 amide bonds. The van der Waals surface area contributed by atoms with Crippen molar-refractivity contribution in [2.45, 2.75) is 63.4 Å². The van der Waals surface area contributed by atoms with E-state index in [-0.39, 0.29) is 49.2 Å². The third-order valence-electron chi connectivity index (χ3n) is 9.82. The van der Waals surface area contributed by atoms with Crippen LogP contribution in [0.1, 0.15) is 72.0 Å². The van der Waals surface area contributed by atoms with Gasteiger partial charge in [-0.3, -0.25) is 9.59 Å². The number of aromatic hydroxyl groups is 1. The van der Waals surface area contributed by atoms with Crippen molar-refractivity contribution in [3.05, 3.63) is 149 Å². The lowest BCUT2D eigenvalue weighted by molar-refractivity contribution is -0.252. The number of nitrogens with zero attached hydrogens (tertiary/aromatic N) is 1. The maximum Gasteiger partial charge on any atom is 0.224 e. The molecule has 1 saturated heterocycles. The zero-order chi connectivity index (χ0) is 39.4. The maximum atomic E-state index is 12.6. The number of aliphatic hydroxyl groups excluding tert-OH is 2. The Hall–Kier alpha value is -5.56. The third-order valence-corrected chi connectivity index (χ3v) is 9.82. The monoisotopic (exact) mass is 758 g/mol. The Labute approximate surface area is 327 Å². The predicted molar refractivity (Wildman–Crippen MR) is 216 cm³/mol. The number of hydrogen-bond donors (Lipinski definition) is 6. The molecule has 1 aliphatic rings. The number of rotatable bonds is 16. The van der Waals surface area contributed by atoms with Gasteiger partial charge >= 0.3 is 0 Å². The van der Waals surface area contributed by atoms with Gasteiger partial charge < -0.3 is 46.1 Å². The second-order valence-electron chi connectivity index (χ2n) is 14.3. The van der Waals surface area contributed by atoms with Crippen molar-refractivity contribution in [1.29, 1.82) is 0 Å². The van der Waals surface area contributed by atoms with Crippen LogP contribution in [0.25, 0.3) is 11.1 Å². The number of nitrogens with two attached hydrogens (primary N) is 1. The van der Waals surface area contributed by atoms with Gasteiger partial charge in [-0.15, -0.1) is 0 Å². The smallest absolute Gasteiger partial charge is 0.224 e. The molecule has 5 aromatic rings. The summed E-state index contributed by atoms with van der Waals surface area (Å²) in [6, 6.07) is 37.5. The van der Waals surface area contributed by atoms with Crippen LogP contribution in [0.15, 0.2) is 121 Å². The van der Waals surface area contributed by atoms with Crippen LogP contribution in [-0.2, 0) is 32.2 Å². The number of nitrogens with one attached hydrogen (secondary N) is 2. The fourth-order valence-electron chi connectivity index (χ4n) is 6.84. The van der Waals surface area contributed by atoms with Crippen LogP contribution in [0.2, 0.25) is 0 Å². The van der Waals surface area contributed by atoms with Gasteiger partial charge in [-0.25, -0.2) is 0 Å². The largest absolute Gasteiger partial charge is 0.508 e. The molecule has 1 aliphatic heterocycles. The van der Waals surface area contributed by atoms with Crippen molar-refractivity contribution in [2.75, 3.05) is 31.2 Å². The zero-order valence-corrected chi connectivity index (χ0v) is 31.5. The molecule has 7 N–H and O–H groups in total. The van der Waals surface area contributed by atoms with Crippen LogP contribution in [0, 0.1) is 0 Å². The maximum absolute atomic E-state index is 12.6. The Kier molecular flexibility index (Phi) is 13.9. The molecule has 0 bridgehead atoms. The molecule has 1 heterocycles. The molecular formula is C45H50N4O7. The summed E-state index contributed by atoms with van der Waals surface area (Å²) in [5.41, 5.74) is 13.1. The standard InChI is InChI=1S/C45H50N4O7/c1-49(28-41(52)35-11-6-13-37(51)24-35)27-38-25-42(32-20-18-30(29-50)19-21-32)56-45(55-38)36-12-5-10-34(23-36)33-9-4-8-31(22-33)26-47-43(53)16-7-17-44(54)48-40-15-3-2-14-39(40)46/h2-6,8-15,18-24,38,41-42,45,50-52H,7,16-17,25-29,46H2,1H3,(H,47,53)(H,48,54). The number of anilines is 2. The van der Waals surface area contributed by atoms with Crippen LogP contribution < -0.4 is 16.4 Å². The minimum atomic E-state index is -0.788. The highest BCUT2D eigenvalue weighted by molar-refractivity contribution is 5.94. The molecule has 0 spiro atoms. The minimum Gasteiger partial charge on any atom is -0.508 e. The van der Waals surface area contributed by atoms with Gasteiger partial charge in [-0.2, -0.15) is 0 Å². The Morgan fingerprint density at radius 1 is 0.821 bits per heavy atom. The van der Waals surface area contributed by atoms with Crippen molar-refractivity contribution in [3.8, 4) is 16.9 Å². The number of nitrogen functional groups attached to an aromatic ring is 1. The van der Waals surface area contributed by atoms with Gasteiger partial charge in [0, 0.05) is 44.5 Å². The number of phenols is 1. The number of para-hydroxylation sites is 2. The van der Waals surface area contributed by atoms with Crippen molar-refractivity contribution in [3.63, 3.8) is 0 Å². The first-order valence-corrected chi connectivity index (χ1v) is 18.9. The van der Waals surface area contributed by atoms with Gasteiger partial charge in [0.1, 0.15) is 5.75 Å². The topological polar surface area (TPSA) is 167 Å². The highest BCUT2D eigenvalue weighted by Crippen LogP contribution is 2.39. The van der Waals surface area contributed by atoms with E-state index in [0.29, 0.717) is 49.4 Å². The fraction of sp³-hybridized carbons (Fsp3) is 0.289. The normalized spacial score (nSPS) is 17.3. The van der Waals surface area contributed by atoms with Crippen molar-refractivity contribution in [2.24, 2.45) is 0 Å². The van der Waals surface area contributed by atoms with Crippen molar-refractivity contribution in [1.82, 2.24) is 10.2 Å². The number of likely N-dealkylation sites (N-methyl/N-ethyl adjacent to an activating group) is 1. The first kappa shape index (κ1) is 40.1. The molecule has 4 unspecified atom stereocenters. The number of phenolic OH excluding ortho intramolecular Hbond substituents is 1. The number of carbonyl (C=O) groups excluding carboxylic acids is 2. The van der Waals surface area contributed by atoms with E-state index < -0.39 is 12.4 Å². The SMILES string of the molecule is CN(CC1CC(c2ccc(CO)cc2)OC(c2cccc(-c3cccc(CNC(=O)CCCC(=O)Nc4ccccc4N)c3)c2)O1)CC(O)c1cccc(O)c1. The van der Waals surface area contributed by atoms with E-state index in [9.17, 15) is 24.9 Å². The molecule has 0 aromatic heterocycles. The summed E-state index contributed by atoms with van der Waals surface area (Å²) in [6.07, 6.45) is -0.531. The molecule has 6 rings (SSSR count). The summed E-state index contributed by atoms with van der Waals surface area (Å²) < 4.78 is 13.2. The van der Waals surface area contributed by atoms with E-state index in [1.807, 2.05) is 78.7 Å². The fourth-order valence-corrected chi connectivity index (χ4v) is 6.84. The van der Waals surface area contributed by atoms with Crippen molar-refractivity contribution < 1.29 is 34.4 Å². The first-order chi connectivity index (χ1) is 27.1. The summed E-state index contributed by atoms with van der Waals surface area (Å²) in [5.74, 6) is -0.215. The zero-order valence-electron chi connectivity index (χ0n) is 31.5. The Bertz CT molecular complexity index is 2070. The van der Waals surface area contributed by atoms with Gasteiger partial charge in [0.05, 0.1) is 36.3 Å². The molecule has 11 nitrogen and oxygen atoms in total. The number of hydrogen-bond acceptors (Lipinski definition) is 9. The number of amides is 2. The average Bonchev–Trinajstić information content (AvgIpc) is 3.21. The minimum absolute atomic E-state index is 0.0426. The molecule has 56 heavy (non-hydrogen) atoms. The van der Waals surface area contributed by atoms with Gasteiger partial charge in [0.15, 0.2) is 6.29 Å². The summed E-state index contributed by atoms with van der Waals surface area (Å²) in [7, 11) is 1.93. The molecule has 0 radical (unpaired) electrons. The summed E-state index contributed by atoms with van der Waals surface area (Å²) in [6.45, 7) is 1.18. The quantitative estimate of drug-likeness (QED) is 0.0596. The number of ether oxygens (including phenoxy) is 2. The van der Waals surface area contributed by atoms with E-state index in [0.717, 1.165) is 33.4 Å². The van der Waals surface area contributed by atoms with Crippen molar-refractivity contribution >= 4 is 23.2 Å². The highest BCUT2D eigenvalue weighted by Gasteiger charge is 2.33. The van der Waals surface area contributed by atoms with Gasteiger partial charge in [-0.1, -0.05) is 84.9 Å². The van der Waals surface area contributed by atoms with E-state index in [1.54, 1.807) is 48.5 Å². The van der Waals surface area contributed by atoms with Crippen LogP contribution in [0.4, 0.5) is 11.4 Å². The molecule has 4 atom stereocenters. The molecule has 0 aliphatic carbocycles. The average molecular weight is 759 g/mol. The summed E-state index contributed by atoms with van der Waals surface area (Å²) >= 11 is 0. The summed E-state index contributed by atoms with van der Waals surface area (Å²) in [5, 5.41) is 36.1. The molecule has 0 saturated carbocycles. The van der Waals surface area contributed by atoms with Crippen LogP contribution in [-0.4, -0.2) is 58.3 Å².